The van der Waals surface area contributed by atoms with Crippen LogP contribution >= 0.6 is 0 Å². The highest BCUT2D eigenvalue weighted by atomic mass is 16.7. The number of nitrogens with one attached hydrogen (secondary N) is 1. The molecule has 0 aromatic heterocycles. The van der Waals surface area contributed by atoms with Gasteiger partial charge >= 0.3 is 11.8 Å². The van der Waals surface area contributed by atoms with E-state index in [2.05, 4.69) is 33.0 Å². The predicted octanol–water partition coefficient (Wildman–Crippen LogP) is 7.05. The van der Waals surface area contributed by atoms with Crippen molar-refractivity contribution in [2.75, 3.05) is 0 Å². The number of ether oxygens (including phenoxy) is 2. The largest absolute Gasteiger partial charge is 0.445 e. The molecule has 0 spiro atoms. The fourth-order valence-corrected chi connectivity index (χ4v) is 5.65. The lowest BCUT2D eigenvalue weighted by Crippen LogP contribution is -2.61. The molecule has 2 unspecified atom stereocenters. The first kappa shape index (κ1) is 27.9. The van der Waals surface area contributed by atoms with E-state index in [-0.39, 0.29) is 30.4 Å². The molecule has 0 bridgehead atoms. The quantitative estimate of drug-likeness (QED) is 0.227. The van der Waals surface area contributed by atoms with Crippen LogP contribution in [0.3, 0.4) is 0 Å². The number of fused-ring (bicyclic) bond motifs is 5. The van der Waals surface area contributed by atoms with E-state index in [1.54, 1.807) is 24.3 Å². The molecule has 38 heavy (non-hydrogen) atoms. The molecule has 1 N–H and O–H groups in total. The number of hydrogen-bond acceptors (Lipinski definition) is 5. The standard InChI is InChI=1S/C32H41NO5/c1-5-7-9-11-17-28(34)33-31-26-20-19-23(22(3)4)21-27(26)37-32(31,38-29(35)18-12-10-8-6-2)25-16-14-13-15-24(25)30(31)36/h13-16,19-22H,5-12,17-18H2,1-4H3,(H,33,34). The zero-order chi connectivity index (χ0) is 27.3. The van der Waals surface area contributed by atoms with Crippen LogP contribution in [0.1, 0.15) is 125 Å². The van der Waals surface area contributed by atoms with Crippen LogP contribution in [0.2, 0.25) is 0 Å². The van der Waals surface area contributed by atoms with Gasteiger partial charge in [0.25, 0.3) is 0 Å². The molecule has 1 amide bonds. The van der Waals surface area contributed by atoms with Crippen LogP contribution in [0, 0.1) is 0 Å². The average molecular weight is 520 g/mol. The van der Waals surface area contributed by atoms with Gasteiger partial charge in [-0.05, 0) is 30.4 Å². The molecule has 1 aliphatic heterocycles. The van der Waals surface area contributed by atoms with Crippen molar-refractivity contribution in [1.82, 2.24) is 5.32 Å². The van der Waals surface area contributed by atoms with Crippen molar-refractivity contribution in [3.05, 3.63) is 64.7 Å². The third-order valence-electron chi connectivity index (χ3n) is 7.77. The molecule has 2 aromatic rings. The molecule has 2 aromatic carbocycles. The van der Waals surface area contributed by atoms with Gasteiger partial charge in [-0.2, -0.15) is 0 Å². The van der Waals surface area contributed by atoms with Gasteiger partial charge in [0.1, 0.15) is 5.75 Å². The van der Waals surface area contributed by atoms with Crippen LogP contribution in [0.4, 0.5) is 0 Å². The topological polar surface area (TPSA) is 81.7 Å². The lowest BCUT2D eigenvalue weighted by molar-refractivity contribution is -0.216. The van der Waals surface area contributed by atoms with E-state index in [1.807, 2.05) is 18.2 Å². The monoisotopic (exact) mass is 519 g/mol. The van der Waals surface area contributed by atoms with Gasteiger partial charge < -0.3 is 14.8 Å². The van der Waals surface area contributed by atoms with Crippen LogP contribution in [-0.4, -0.2) is 17.7 Å². The maximum absolute atomic E-state index is 14.3. The second kappa shape index (κ2) is 11.7. The summed E-state index contributed by atoms with van der Waals surface area (Å²) in [5, 5.41) is 3.06. The number of benzene rings is 2. The molecule has 6 nitrogen and oxygen atoms in total. The van der Waals surface area contributed by atoms with Crippen LogP contribution in [0.5, 0.6) is 5.75 Å². The first-order chi connectivity index (χ1) is 18.3. The Balaban J connectivity index is 1.79. The highest BCUT2D eigenvalue weighted by Gasteiger charge is 2.74. The maximum atomic E-state index is 14.3. The predicted molar refractivity (Wildman–Crippen MR) is 147 cm³/mol. The molecule has 0 radical (unpaired) electrons. The average Bonchev–Trinajstić information content (AvgIpc) is 3.28. The molecular weight excluding hydrogens is 478 g/mol. The number of carbonyl (C=O) groups excluding carboxylic acids is 3. The minimum absolute atomic E-state index is 0.218. The summed E-state index contributed by atoms with van der Waals surface area (Å²) in [7, 11) is 0. The number of esters is 1. The lowest BCUT2D eigenvalue weighted by Gasteiger charge is -2.37. The third-order valence-corrected chi connectivity index (χ3v) is 7.77. The van der Waals surface area contributed by atoms with Crippen LogP contribution < -0.4 is 10.1 Å². The number of unbranched alkanes of at least 4 members (excludes halogenated alkanes) is 6. The minimum Gasteiger partial charge on any atom is -0.445 e. The number of ketones is 1. The molecule has 6 heteroatoms. The lowest BCUT2D eigenvalue weighted by atomic mass is 9.81. The van der Waals surface area contributed by atoms with Gasteiger partial charge in [0, 0.05) is 24.0 Å². The SMILES string of the molecule is CCCCCCC(=O)NC12C(=O)c3ccccc3C1(OC(=O)CCCCCC)Oc1cc(C(C)C)ccc12. The number of rotatable bonds is 13. The van der Waals surface area contributed by atoms with E-state index in [0.29, 0.717) is 28.9 Å². The van der Waals surface area contributed by atoms with Gasteiger partial charge in [0.2, 0.25) is 17.2 Å². The molecule has 204 valence electrons. The van der Waals surface area contributed by atoms with Crippen molar-refractivity contribution in [2.24, 2.45) is 0 Å². The summed E-state index contributed by atoms with van der Waals surface area (Å²) >= 11 is 0. The summed E-state index contributed by atoms with van der Waals surface area (Å²) < 4.78 is 12.8. The van der Waals surface area contributed by atoms with Crippen molar-refractivity contribution >= 4 is 17.7 Å². The summed E-state index contributed by atoms with van der Waals surface area (Å²) in [4.78, 5) is 41.0. The first-order valence-corrected chi connectivity index (χ1v) is 14.3. The van der Waals surface area contributed by atoms with Gasteiger partial charge in [0.05, 0.1) is 5.56 Å². The van der Waals surface area contributed by atoms with Gasteiger partial charge in [0.15, 0.2) is 0 Å². The fraction of sp³-hybridized carbons (Fsp3) is 0.531. The highest BCUT2D eigenvalue weighted by Crippen LogP contribution is 2.60. The Morgan fingerprint density at radius 2 is 1.58 bits per heavy atom. The Hall–Kier alpha value is -3.15. The second-order valence-electron chi connectivity index (χ2n) is 10.9. The Kier molecular flexibility index (Phi) is 8.59. The van der Waals surface area contributed by atoms with E-state index < -0.39 is 17.3 Å². The number of carbonyl (C=O) groups is 3. The van der Waals surface area contributed by atoms with Crippen LogP contribution in [0.25, 0.3) is 0 Å². The van der Waals surface area contributed by atoms with Crippen molar-refractivity contribution in [2.45, 2.75) is 109 Å². The molecule has 1 aliphatic carbocycles. The molecule has 0 saturated carbocycles. The molecule has 0 saturated heterocycles. The van der Waals surface area contributed by atoms with E-state index in [1.165, 1.54) is 0 Å². The fourth-order valence-electron chi connectivity index (χ4n) is 5.65. The molecular formula is C32H41NO5. The van der Waals surface area contributed by atoms with Gasteiger partial charge in [-0.15, -0.1) is 0 Å². The Labute approximate surface area is 226 Å². The Morgan fingerprint density at radius 3 is 2.26 bits per heavy atom. The number of Topliss-reactive ketones (excluding diaryl/α,β-unsaturated/α-hetero) is 1. The van der Waals surface area contributed by atoms with E-state index in [9.17, 15) is 14.4 Å². The molecule has 2 aliphatic rings. The van der Waals surface area contributed by atoms with Crippen molar-refractivity contribution < 1.29 is 23.9 Å². The smallest absolute Gasteiger partial charge is 0.316 e. The molecule has 0 fully saturated rings. The van der Waals surface area contributed by atoms with E-state index >= 15 is 0 Å². The Bertz CT molecular complexity index is 1190. The van der Waals surface area contributed by atoms with E-state index in [0.717, 1.165) is 50.5 Å². The van der Waals surface area contributed by atoms with Gasteiger partial charge in [-0.25, -0.2) is 0 Å². The van der Waals surface area contributed by atoms with Gasteiger partial charge in [-0.1, -0.05) is 103 Å². The van der Waals surface area contributed by atoms with Crippen molar-refractivity contribution in [3.8, 4) is 5.75 Å². The number of hydrogen-bond donors (Lipinski definition) is 1. The normalized spacial score (nSPS) is 21.0. The van der Waals surface area contributed by atoms with Gasteiger partial charge in [-0.3, -0.25) is 14.4 Å². The number of amides is 1. The van der Waals surface area contributed by atoms with Crippen molar-refractivity contribution in [3.63, 3.8) is 0 Å². The summed E-state index contributed by atoms with van der Waals surface area (Å²) in [5.74, 6) is -2.11. The Morgan fingerprint density at radius 1 is 0.895 bits per heavy atom. The zero-order valence-corrected chi connectivity index (χ0v) is 23.2. The van der Waals surface area contributed by atoms with Crippen LogP contribution in [0.15, 0.2) is 42.5 Å². The first-order valence-electron chi connectivity index (χ1n) is 14.3. The third kappa shape index (κ3) is 4.85. The highest BCUT2D eigenvalue weighted by molar-refractivity contribution is 6.12. The second-order valence-corrected chi connectivity index (χ2v) is 10.9. The van der Waals surface area contributed by atoms with E-state index in [4.69, 9.17) is 9.47 Å². The summed E-state index contributed by atoms with van der Waals surface area (Å²) in [6, 6.07) is 12.8. The zero-order valence-electron chi connectivity index (χ0n) is 23.2. The molecule has 4 rings (SSSR count). The molecule has 2 atom stereocenters. The minimum atomic E-state index is -1.79. The van der Waals surface area contributed by atoms with Crippen LogP contribution in [-0.2, 0) is 25.7 Å². The maximum Gasteiger partial charge on any atom is 0.316 e. The summed E-state index contributed by atoms with van der Waals surface area (Å²) in [6.45, 7) is 8.40. The summed E-state index contributed by atoms with van der Waals surface area (Å²) in [5.41, 5.74) is 0.759. The summed E-state index contributed by atoms with van der Waals surface area (Å²) in [6.07, 6.45) is 7.99. The molecule has 1 heterocycles. The van der Waals surface area contributed by atoms with Crippen molar-refractivity contribution in [1.29, 1.82) is 0 Å².